The zero-order valence-corrected chi connectivity index (χ0v) is 11.1. The summed E-state index contributed by atoms with van der Waals surface area (Å²) < 4.78 is 11.1. The first-order valence-corrected chi connectivity index (χ1v) is 6.42. The van der Waals surface area contributed by atoms with Gasteiger partial charge in [0.05, 0.1) is 19.3 Å². The maximum Gasteiger partial charge on any atom is 0.123 e. The maximum atomic E-state index is 5.76. The van der Waals surface area contributed by atoms with Crippen molar-refractivity contribution in [3.8, 4) is 5.75 Å². The van der Waals surface area contributed by atoms with Crippen LogP contribution in [0.2, 0.25) is 0 Å². The van der Waals surface area contributed by atoms with Crippen LogP contribution >= 0.6 is 0 Å². The van der Waals surface area contributed by atoms with E-state index in [1.165, 1.54) is 5.56 Å². The Labute approximate surface area is 109 Å². The molecule has 2 atom stereocenters. The molecule has 1 saturated heterocycles. The van der Waals surface area contributed by atoms with Gasteiger partial charge in [-0.25, -0.2) is 0 Å². The highest BCUT2D eigenvalue weighted by Gasteiger charge is 2.24. The molecule has 0 amide bonds. The minimum absolute atomic E-state index is 0.142. The summed E-state index contributed by atoms with van der Waals surface area (Å²) in [5, 5.41) is 0. The van der Waals surface area contributed by atoms with Crippen molar-refractivity contribution in [1.82, 2.24) is 4.90 Å². The van der Waals surface area contributed by atoms with Gasteiger partial charge in [0.15, 0.2) is 0 Å². The van der Waals surface area contributed by atoms with Crippen molar-refractivity contribution in [2.75, 3.05) is 26.7 Å². The van der Waals surface area contributed by atoms with Crippen LogP contribution in [-0.2, 0) is 11.3 Å². The van der Waals surface area contributed by atoms with Crippen LogP contribution in [0.15, 0.2) is 24.3 Å². The van der Waals surface area contributed by atoms with Crippen LogP contribution in [0.3, 0.4) is 0 Å². The van der Waals surface area contributed by atoms with Crippen molar-refractivity contribution < 1.29 is 9.47 Å². The molecule has 100 valence electrons. The summed E-state index contributed by atoms with van der Waals surface area (Å²) in [5.74, 6) is 0.945. The van der Waals surface area contributed by atoms with E-state index in [9.17, 15) is 0 Å². The quantitative estimate of drug-likeness (QED) is 0.873. The number of hydrogen-bond acceptors (Lipinski definition) is 4. The summed E-state index contributed by atoms with van der Waals surface area (Å²) in [5.41, 5.74) is 6.91. The topological polar surface area (TPSA) is 47.7 Å². The first-order chi connectivity index (χ1) is 8.72. The normalized spacial score (nSPS) is 25.1. The second-order valence-corrected chi connectivity index (χ2v) is 4.81. The minimum atomic E-state index is 0.142. The third-order valence-electron chi connectivity index (χ3n) is 3.25. The summed E-state index contributed by atoms with van der Waals surface area (Å²) in [4.78, 5) is 2.38. The largest absolute Gasteiger partial charge is 0.496 e. The monoisotopic (exact) mass is 250 g/mol. The van der Waals surface area contributed by atoms with Gasteiger partial charge in [-0.15, -0.1) is 0 Å². The van der Waals surface area contributed by atoms with Crippen LogP contribution in [0.1, 0.15) is 12.5 Å². The van der Waals surface area contributed by atoms with Crippen LogP contribution in [0, 0.1) is 0 Å². The molecule has 4 heteroatoms. The number of nitrogens with two attached hydrogens (primary N) is 1. The molecule has 1 heterocycles. The van der Waals surface area contributed by atoms with Crippen LogP contribution in [0.5, 0.6) is 5.75 Å². The van der Waals surface area contributed by atoms with Crippen molar-refractivity contribution in [2.24, 2.45) is 5.73 Å². The van der Waals surface area contributed by atoms with Gasteiger partial charge in [-0.2, -0.15) is 0 Å². The number of rotatable bonds is 4. The van der Waals surface area contributed by atoms with E-state index in [1.54, 1.807) is 7.11 Å². The number of ether oxygens (including phenoxy) is 2. The molecule has 0 bridgehead atoms. The lowest BCUT2D eigenvalue weighted by Gasteiger charge is -2.36. The van der Waals surface area contributed by atoms with E-state index in [-0.39, 0.29) is 12.2 Å². The van der Waals surface area contributed by atoms with Crippen molar-refractivity contribution >= 4 is 0 Å². The highest BCUT2D eigenvalue weighted by atomic mass is 16.5. The van der Waals surface area contributed by atoms with Crippen molar-refractivity contribution in [1.29, 1.82) is 0 Å². The highest BCUT2D eigenvalue weighted by Crippen LogP contribution is 2.21. The number of benzene rings is 1. The van der Waals surface area contributed by atoms with Gasteiger partial charge >= 0.3 is 0 Å². The molecule has 0 spiro atoms. The predicted molar refractivity (Wildman–Crippen MR) is 71.7 cm³/mol. The third-order valence-corrected chi connectivity index (χ3v) is 3.25. The lowest BCUT2D eigenvalue weighted by Crippen LogP contribution is -2.48. The van der Waals surface area contributed by atoms with Gasteiger partial charge in [-0.05, 0) is 13.0 Å². The predicted octanol–water partition coefficient (Wildman–Crippen LogP) is 1.24. The molecule has 1 aromatic rings. The number of nitrogens with zero attached hydrogens (tertiary/aromatic N) is 1. The lowest BCUT2D eigenvalue weighted by molar-refractivity contribution is -0.0746. The van der Waals surface area contributed by atoms with Crippen LogP contribution in [0.25, 0.3) is 0 Å². The Balaban J connectivity index is 2.04. The second kappa shape index (κ2) is 6.18. The zero-order valence-electron chi connectivity index (χ0n) is 11.1. The van der Waals surface area contributed by atoms with E-state index < -0.39 is 0 Å². The van der Waals surface area contributed by atoms with Gasteiger partial charge in [0.2, 0.25) is 0 Å². The molecule has 2 rings (SSSR count). The van der Waals surface area contributed by atoms with E-state index in [0.717, 1.165) is 25.4 Å². The molecule has 1 aromatic carbocycles. The summed E-state index contributed by atoms with van der Waals surface area (Å²) in [6.45, 7) is 5.38. The molecule has 0 saturated carbocycles. The Morgan fingerprint density at radius 2 is 2.17 bits per heavy atom. The molecule has 1 aliphatic heterocycles. The first kappa shape index (κ1) is 13.3. The van der Waals surface area contributed by atoms with Crippen LogP contribution in [0.4, 0.5) is 0 Å². The maximum absolute atomic E-state index is 5.76. The molecular formula is C14H22N2O2. The van der Waals surface area contributed by atoms with Crippen molar-refractivity contribution in [2.45, 2.75) is 25.7 Å². The molecule has 0 radical (unpaired) electrons. The molecule has 4 nitrogen and oxygen atoms in total. The summed E-state index contributed by atoms with van der Waals surface area (Å²) >= 11 is 0. The standard InChI is InChI=1S/C14H22N2O2/c1-11-8-16(10-13(7-15)18-11)9-12-5-3-4-6-14(12)17-2/h3-6,11,13H,7-10,15H2,1-2H3. The Morgan fingerprint density at radius 3 is 2.89 bits per heavy atom. The molecule has 2 unspecified atom stereocenters. The Hall–Kier alpha value is -1.10. The van der Waals surface area contributed by atoms with E-state index in [2.05, 4.69) is 17.9 Å². The number of methoxy groups -OCH3 is 1. The van der Waals surface area contributed by atoms with Crippen molar-refractivity contribution in [3.63, 3.8) is 0 Å². The van der Waals surface area contributed by atoms with E-state index in [4.69, 9.17) is 15.2 Å². The average molecular weight is 250 g/mol. The van der Waals surface area contributed by atoms with Crippen molar-refractivity contribution in [3.05, 3.63) is 29.8 Å². The van der Waals surface area contributed by atoms with Gasteiger partial charge in [0, 0.05) is 31.7 Å². The third kappa shape index (κ3) is 3.22. The Kier molecular flexibility index (Phi) is 4.58. The smallest absolute Gasteiger partial charge is 0.123 e. The fourth-order valence-electron chi connectivity index (χ4n) is 2.47. The Morgan fingerprint density at radius 1 is 1.39 bits per heavy atom. The number of para-hydroxylation sites is 1. The Bertz CT molecular complexity index is 384. The molecule has 18 heavy (non-hydrogen) atoms. The fourth-order valence-corrected chi connectivity index (χ4v) is 2.47. The zero-order chi connectivity index (χ0) is 13.0. The van der Waals surface area contributed by atoms with Gasteiger partial charge in [0.1, 0.15) is 5.75 Å². The van der Waals surface area contributed by atoms with E-state index >= 15 is 0 Å². The van der Waals surface area contributed by atoms with Gasteiger partial charge in [-0.1, -0.05) is 18.2 Å². The molecule has 0 aromatic heterocycles. The minimum Gasteiger partial charge on any atom is -0.496 e. The molecule has 1 aliphatic rings. The van der Waals surface area contributed by atoms with Crippen LogP contribution < -0.4 is 10.5 Å². The average Bonchev–Trinajstić information content (AvgIpc) is 2.38. The van der Waals surface area contributed by atoms with E-state index in [0.29, 0.717) is 6.54 Å². The lowest BCUT2D eigenvalue weighted by atomic mass is 10.1. The second-order valence-electron chi connectivity index (χ2n) is 4.81. The summed E-state index contributed by atoms with van der Waals surface area (Å²) in [7, 11) is 1.71. The van der Waals surface area contributed by atoms with Gasteiger partial charge < -0.3 is 15.2 Å². The number of morpholine rings is 1. The molecular weight excluding hydrogens is 228 g/mol. The van der Waals surface area contributed by atoms with Gasteiger partial charge in [-0.3, -0.25) is 4.90 Å². The van der Waals surface area contributed by atoms with Crippen LogP contribution in [-0.4, -0.2) is 43.9 Å². The van der Waals surface area contributed by atoms with Gasteiger partial charge in [0.25, 0.3) is 0 Å². The van der Waals surface area contributed by atoms with E-state index in [1.807, 2.05) is 18.2 Å². The molecule has 2 N–H and O–H groups in total. The fraction of sp³-hybridized carbons (Fsp3) is 0.571. The highest BCUT2D eigenvalue weighted by molar-refractivity contribution is 5.33. The number of hydrogen-bond donors (Lipinski definition) is 1. The molecule has 0 aliphatic carbocycles. The first-order valence-electron chi connectivity index (χ1n) is 6.42. The molecule has 1 fully saturated rings. The summed E-state index contributed by atoms with van der Waals surface area (Å²) in [6, 6.07) is 8.14. The summed E-state index contributed by atoms with van der Waals surface area (Å²) in [6.07, 6.45) is 0.380. The SMILES string of the molecule is COc1ccccc1CN1CC(C)OC(CN)C1.